The molecule has 0 amide bonds. The maximum atomic E-state index is 4.99. The Kier molecular flexibility index (Phi) is 15.0. The number of ether oxygens (including phenoxy) is 2. The summed E-state index contributed by atoms with van der Waals surface area (Å²) in [6.45, 7) is 0. The topological polar surface area (TPSA) is 18.5 Å². The minimum absolute atomic E-state index is 0.362. The number of hydrogen-bond donors (Lipinski definition) is 0. The first-order valence-electron chi connectivity index (χ1n) is 6.95. The van der Waals surface area contributed by atoms with Crippen molar-refractivity contribution in [2.45, 2.75) is 64.1 Å². The number of methoxy groups -OCH3 is 2. The van der Waals surface area contributed by atoms with Gasteiger partial charge in [-0.05, 0) is 18.8 Å². The molecule has 0 bridgehead atoms. The van der Waals surface area contributed by atoms with E-state index in [-0.39, 0.29) is 6.29 Å². The van der Waals surface area contributed by atoms with Crippen molar-refractivity contribution in [3.05, 3.63) is 0 Å². The van der Waals surface area contributed by atoms with Gasteiger partial charge < -0.3 is 9.47 Å². The van der Waals surface area contributed by atoms with Gasteiger partial charge in [0.1, 0.15) is 0 Å². The first kappa shape index (κ1) is 18.0. The van der Waals surface area contributed by atoms with Crippen LogP contribution in [0.2, 0.25) is 0 Å². The Morgan fingerprint density at radius 2 is 1.33 bits per heavy atom. The molecule has 0 aromatic heterocycles. The maximum Gasteiger partial charge on any atom is 0.221 e. The van der Waals surface area contributed by atoms with Crippen molar-refractivity contribution in [3.8, 4) is 11.8 Å². The molecular formula is C15H27BrO2. The second-order valence-electron chi connectivity index (χ2n) is 4.39. The molecule has 106 valence electrons. The van der Waals surface area contributed by atoms with Crippen LogP contribution in [0.25, 0.3) is 0 Å². The molecule has 0 radical (unpaired) electrons. The van der Waals surface area contributed by atoms with Gasteiger partial charge >= 0.3 is 0 Å². The summed E-state index contributed by atoms with van der Waals surface area (Å²) in [6.07, 6.45) is 11.2. The highest BCUT2D eigenvalue weighted by Crippen LogP contribution is 2.09. The van der Waals surface area contributed by atoms with Gasteiger partial charge in [-0.15, -0.1) is 0 Å². The first-order valence-corrected chi connectivity index (χ1v) is 8.07. The third kappa shape index (κ3) is 12.4. The quantitative estimate of drug-likeness (QED) is 0.241. The van der Waals surface area contributed by atoms with Gasteiger partial charge in [0.15, 0.2) is 0 Å². The molecule has 0 heterocycles. The molecule has 18 heavy (non-hydrogen) atoms. The number of halogens is 1. The SMILES string of the molecule is COC(C#CCCCCCCCCCCBr)OC. The second-order valence-corrected chi connectivity index (χ2v) is 5.18. The van der Waals surface area contributed by atoms with Crippen molar-refractivity contribution < 1.29 is 9.47 Å². The van der Waals surface area contributed by atoms with Crippen LogP contribution >= 0.6 is 15.9 Å². The van der Waals surface area contributed by atoms with E-state index in [4.69, 9.17) is 9.47 Å². The van der Waals surface area contributed by atoms with Crippen molar-refractivity contribution in [2.75, 3.05) is 19.5 Å². The smallest absolute Gasteiger partial charge is 0.221 e. The van der Waals surface area contributed by atoms with Crippen LogP contribution in [-0.4, -0.2) is 25.8 Å². The minimum Gasteiger partial charge on any atom is -0.345 e. The molecule has 0 N–H and O–H groups in total. The van der Waals surface area contributed by atoms with Gasteiger partial charge in [0.2, 0.25) is 6.29 Å². The number of unbranched alkanes of at least 4 members (excludes halogenated alkanes) is 8. The molecule has 2 nitrogen and oxygen atoms in total. The summed E-state index contributed by atoms with van der Waals surface area (Å²) < 4.78 is 9.98. The Morgan fingerprint density at radius 1 is 0.833 bits per heavy atom. The molecular weight excluding hydrogens is 292 g/mol. The highest BCUT2D eigenvalue weighted by atomic mass is 79.9. The lowest BCUT2D eigenvalue weighted by atomic mass is 10.1. The van der Waals surface area contributed by atoms with E-state index < -0.39 is 0 Å². The van der Waals surface area contributed by atoms with Gasteiger partial charge in [-0.3, -0.25) is 0 Å². The lowest BCUT2D eigenvalue weighted by Gasteiger charge is -2.03. The molecule has 0 saturated carbocycles. The normalized spacial score (nSPS) is 10.4. The van der Waals surface area contributed by atoms with Gasteiger partial charge in [0, 0.05) is 26.0 Å². The van der Waals surface area contributed by atoms with E-state index in [0.717, 1.165) is 11.8 Å². The molecule has 0 saturated heterocycles. The molecule has 3 heteroatoms. The average molecular weight is 319 g/mol. The third-order valence-electron chi connectivity index (χ3n) is 2.83. The van der Waals surface area contributed by atoms with Crippen LogP contribution in [0.15, 0.2) is 0 Å². The monoisotopic (exact) mass is 318 g/mol. The summed E-state index contributed by atoms with van der Waals surface area (Å²) in [6, 6.07) is 0. The van der Waals surface area contributed by atoms with E-state index in [1.54, 1.807) is 14.2 Å². The Balaban J connectivity index is 3.20. The average Bonchev–Trinajstić information content (AvgIpc) is 2.40. The van der Waals surface area contributed by atoms with Crippen LogP contribution in [0, 0.1) is 11.8 Å². The van der Waals surface area contributed by atoms with Crippen molar-refractivity contribution in [1.82, 2.24) is 0 Å². The van der Waals surface area contributed by atoms with Crippen LogP contribution in [0.5, 0.6) is 0 Å². The predicted molar refractivity (Wildman–Crippen MR) is 80.9 cm³/mol. The lowest BCUT2D eigenvalue weighted by molar-refractivity contribution is -0.0595. The Bertz CT molecular complexity index is 216. The fraction of sp³-hybridized carbons (Fsp3) is 0.867. The largest absolute Gasteiger partial charge is 0.345 e. The van der Waals surface area contributed by atoms with Crippen molar-refractivity contribution in [2.24, 2.45) is 0 Å². The summed E-state index contributed by atoms with van der Waals surface area (Å²) >= 11 is 3.46. The Hall–Kier alpha value is -0.0400. The van der Waals surface area contributed by atoms with Crippen molar-refractivity contribution in [3.63, 3.8) is 0 Å². The zero-order valence-corrected chi connectivity index (χ0v) is 13.4. The van der Waals surface area contributed by atoms with E-state index >= 15 is 0 Å². The van der Waals surface area contributed by atoms with Crippen LogP contribution in [0.1, 0.15) is 57.8 Å². The number of hydrogen-bond acceptors (Lipinski definition) is 2. The second kappa shape index (κ2) is 15.0. The summed E-state index contributed by atoms with van der Waals surface area (Å²) in [5.41, 5.74) is 0. The standard InChI is InChI=1S/C15H27BrO2/c1-17-15(18-2)13-11-9-7-5-3-4-6-8-10-12-14-16/h15H,3-10,12,14H2,1-2H3. The molecule has 0 rings (SSSR count). The highest BCUT2D eigenvalue weighted by molar-refractivity contribution is 9.09. The maximum absolute atomic E-state index is 4.99. The predicted octanol–water partition coefficient (Wildman–Crippen LogP) is 4.51. The van der Waals surface area contributed by atoms with Crippen LogP contribution in [-0.2, 0) is 9.47 Å². The Morgan fingerprint density at radius 3 is 1.83 bits per heavy atom. The minimum atomic E-state index is -0.362. The van der Waals surface area contributed by atoms with Gasteiger partial charge in [-0.2, -0.15) is 0 Å². The molecule has 0 unspecified atom stereocenters. The van der Waals surface area contributed by atoms with Crippen LogP contribution in [0.3, 0.4) is 0 Å². The van der Waals surface area contributed by atoms with Crippen molar-refractivity contribution >= 4 is 15.9 Å². The molecule has 0 aliphatic rings. The van der Waals surface area contributed by atoms with Gasteiger partial charge in [0.25, 0.3) is 0 Å². The van der Waals surface area contributed by atoms with E-state index in [1.807, 2.05) is 0 Å². The summed E-state index contributed by atoms with van der Waals surface area (Å²) in [4.78, 5) is 0. The lowest BCUT2D eigenvalue weighted by Crippen LogP contribution is -2.09. The zero-order valence-electron chi connectivity index (χ0n) is 11.8. The fourth-order valence-electron chi connectivity index (χ4n) is 1.74. The van der Waals surface area contributed by atoms with Crippen LogP contribution in [0.4, 0.5) is 0 Å². The molecule has 0 fully saturated rings. The van der Waals surface area contributed by atoms with E-state index in [2.05, 4.69) is 27.8 Å². The van der Waals surface area contributed by atoms with Gasteiger partial charge in [-0.1, -0.05) is 60.4 Å². The van der Waals surface area contributed by atoms with E-state index in [1.165, 1.54) is 51.4 Å². The fourth-order valence-corrected chi connectivity index (χ4v) is 2.13. The first-order chi connectivity index (χ1) is 8.85. The van der Waals surface area contributed by atoms with E-state index in [0.29, 0.717) is 0 Å². The molecule has 0 aromatic carbocycles. The van der Waals surface area contributed by atoms with E-state index in [9.17, 15) is 0 Å². The summed E-state index contributed by atoms with van der Waals surface area (Å²) in [5, 5.41) is 1.15. The molecule has 0 spiro atoms. The van der Waals surface area contributed by atoms with Gasteiger partial charge in [0.05, 0.1) is 0 Å². The summed E-state index contributed by atoms with van der Waals surface area (Å²) in [7, 11) is 3.22. The number of rotatable bonds is 11. The molecule has 0 aliphatic heterocycles. The molecule has 0 aliphatic carbocycles. The zero-order chi connectivity index (χ0) is 13.5. The molecule has 0 aromatic rings. The molecule has 0 atom stereocenters. The van der Waals surface area contributed by atoms with Crippen molar-refractivity contribution in [1.29, 1.82) is 0 Å². The van der Waals surface area contributed by atoms with Crippen LogP contribution < -0.4 is 0 Å². The van der Waals surface area contributed by atoms with Gasteiger partial charge in [-0.25, -0.2) is 0 Å². The highest BCUT2D eigenvalue weighted by Gasteiger charge is 1.96. The third-order valence-corrected chi connectivity index (χ3v) is 3.39. The number of alkyl halides is 1. The summed E-state index contributed by atoms with van der Waals surface area (Å²) in [5.74, 6) is 6.05. The Labute approximate surface area is 121 Å².